The van der Waals surface area contributed by atoms with Gasteiger partial charge < -0.3 is 18.9 Å². The van der Waals surface area contributed by atoms with Crippen LogP contribution in [-0.4, -0.2) is 75.2 Å². The van der Waals surface area contributed by atoms with E-state index >= 15 is 0 Å². The Morgan fingerprint density at radius 1 is 0.462 bits per heavy atom. The van der Waals surface area contributed by atoms with Crippen LogP contribution in [0.15, 0.2) is 97.1 Å². The zero-order valence-corrected chi connectivity index (χ0v) is 28.4. The van der Waals surface area contributed by atoms with Gasteiger partial charge in [0, 0.05) is 11.1 Å². The Kier molecular flexibility index (Phi) is 14.6. The molecule has 0 fully saturated rings. The van der Waals surface area contributed by atoms with Crippen molar-refractivity contribution in [3.05, 3.63) is 130 Å². The summed E-state index contributed by atoms with van der Waals surface area (Å²) in [5.74, 6) is -4.05. The Hall–Kier alpha value is -6.38. The molecule has 0 spiro atoms. The van der Waals surface area contributed by atoms with E-state index in [1.807, 2.05) is 0 Å². The van der Waals surface area contributed by atoms with E-state index in [9.17, 15) is 28.8 Å². The van der Waals surface area contributed by atoms with Gasteiger partial charge in [-0.25, -0.2) is 19.4 Å². The summed E-state index contributed by atoms with van der Waals surface area (Å²) in [6.45, 7) is 3.42. The van der Waals surface area contributed by atoms with Crippen LogP contribution in [0.2, 0.25) is 0 Å². The molecule has 0 aliphatic rings. The van der Waals surface area contributed by atoms with Gasteiger partial charge >= 0.3 is 23.9 Å². The van der Waals surface area contributed by atoms with Crippen molar-refractivity contribution in [3.63, 3.8) is 0 Å². The molecule has 0 radical (unpaired) electrons. The normalized spacial score (nSPS) is 10.4. The second kappa shape index (κ2) is 19.7. The summed E-state index contributed by atoms with van der Waals surface area (Å²) >= 11 is 0. The van der Waals surface area contributed by atoms with E-state index in [4.69, 9.17) is 28.7 Å². The molecule has 0 atom stereocenters. The third kappa shape index (κ3) is 10.6. The molecule has 4 rings (SSSR count). The van der Waals surface area contributed by atoms with Gasteiger partial charge in [-0.1, -0.05) is 60.7 Å². The number of esters is 2. The van der Waals surface area contributed by atoms with Crippen molar-refractivity contribution in [1.82, 2.24) is 10.6 Å². The van der Waals surface area contributed by atoms with Gasteiger partial charge in [0.15, 0.2) is 11.6 Å². The van der Waals surface area contributed by atoms with Gasteiger partial charge in [-0.05, 0) is 50.2 Å². The van der Waals surface area contributed by atoms with Crippen molar-refractivity contribution in [2.24, 2.45) is 0 Å². The fourth-order valence-electron chi connectivity index (χ4n) is 4.72. The Morgan fingerprint density at radius 3 is 1.15 bits per heavy atom. The van der Waals surface area contributed by atoms with Crippen molar-refractivity contribution in [1.29, 1.82) is 0 Å². The molecule has 14 heteroatoms. The lowest BCUT2D eigenvalue weighted by atomic mass is 9.97. The molecule has 0 amide bonds. The van der Waals surface area contributed by atoms with Crippen molar-refractivity contribution in [2.75, 3.05) is 39.8 Å². The summed E-state index contributed by atoms with van der Waals surface area (Å²) in [6, 6.07) is 24.2. The van der Waals surface area contributed by atoms with Crippen LogP contribution in [0.3, 0.4) is 0 Å². The van der Waals surface area contributed by atoms with Crippen molar-refractivity contribution < 1.29 is 57.5 Å². The molecule has 4 aromatic rings. The summed E-state index contributed by atoms with van der Waals surface area (Å²) in [5, 5.41) is 5.52. The Balaban J connectivity index is 1.44. The standard InChI is InChI=1S/C38H36N2O12/c1-3-47-33(41)21-39-23-49-31-19-11-9-17-29(31)35(43)25-13-5-7-15-27(25)37(45)51-52-38(46)28-16-8-6-14-26(28)36(44)30-18-10-12-20-32(30)50-24-40-22-34(42)48-4-2/h5-20,39-40H,3-4,21-24H2,1-2H3. The number of ether oxygens (including phenoxy) is 4. The Labute approximate surface area is 298 Å². The Bertz CT molecular complexity index is 1770. The number of hydrogen-bond donors (Lipinski definition) is 2. The molecule has 270 valence electrons. The van der Waals surface area contributed by atoms with Crippen LogP contribution in [-0.2, 0) is 28.8 Å². The zero-order chi connectivity index (χ0) is 37.3. The molecular formula is C38H36N2O12. The molecule has 52 heavy (non-hydrogen) atoms. The number of rotatable bonds is 18. The lowest BCUT2D eigenvalue weighted by Crippen LogP contribution is -2.28. The van der Waals surface area contributed by atoms with E-state index in [1.165, 1.54) is 48.5 Å². The van der Waals surface area contributed by atoms with E-state index in [-0.39, 0.29) is 84.6 Å². The first-order valence-corrected chi connectivity index (χ1v) is 16.1. The van der Waals surface area contributed by atoms with Gasteiger partial charge in [0.05, 0.1) is 48.6 Å². The summed E-state index contributed by atoms with van der Waals surface area (Å²) in [5.41, 5.74) is -0.315. The minimum atomic E-state index is -1.15. The molecule has 0 aliphatic heterocycles. The predicted octanol–water partition coefficient (Wildman–Crippen LogP) is 4.06. The molecule has 0 unspecified atom stereocenters. The minimum absolute atomic E-state index is 0.0667. The number of para-hydroxylation sites is 2. The molecule has 0 bridgehead atoms. The highest BCUT2D eigenvalue weighted by Gasteiger charge is 2.26. The monoisotopic (exact) mass is 712 g/mol. The number of hydrogen-bond acceptors (Lipinski definition) is 14. The fraction of sp³-hybridized carbons (Fsp3) is 0.211. The lowest BCUT2D eigenvalue weighted by Gasteiger charge is -2.13. The zero-order valence-electron chi connectivity index (χ0n) is 28.4. The highest BCUT2D eigenvalue weighted by atomic mass is 17.2. The molecule has 2 N–H and O–H groups in total. The smallest absolute Gasteiger partial charge is 0.387 e. The first kappa shape index (κ1) is 38.4. The van der Waals surface area contributed by atoms with E-state index < -0.39 is 35.4 Å². The van der Waals surface area contributed by atoms with E-state index in [0.717, 1.165) is 0 Å². The second-order valence-corrected chi connectivity index (χ2v) is 10.5. The molecule has 0 saturated heterocycles. The first-order valence-electron chi connectivity index (χ1n) is 16.1. The maximum absolute atomic E-state index is 13.6. The first-order chi connectivity index (χ1) is 25.2. The van der Waals surface area contributed by atoms with Crippen LogP contribution >= 0.6 is 0 Å². The van der Waals surface area contributed by atoms with Crippen LogP contribution in [0.25, 0.3) is 0 Å². The Morgan fingerprint density at radius 2 is 0.788 bits per heavy atom. The van der Waals surface area contributed by atoms with Crippen molar-refractivity contribution >= 4 is 35.4 Å². The van der Waals surface area contributed by atoms with Crippen molar-refractivity contribution in [3.8, 4) is 11.5 Å². The number of benzene rings is 4. The van der Waals surface area contributed by atoms with Crippen LogP contribution in [0.1, 0.15) is 66.4 Å². The lowest BCUT2D eigenvalue weighted by molar-refractivity contribution is -0.187. The van der Waals surface area contributed by atoms with Gasteiger partial charge in [-0.3, -0.25) is 29.8 Å². The van der Waals surface area contributed by atoms with Gasteiger partial charge in [0.2, 0.25) is 0 Å². The third-order valence-corrected chi connectivity index (χ3v) is 7.05. The number of ketones is 2. The molecule has 0 aromatic heterocycles. The van der Waals surface area contributed by atoms with Crippen molar-refractivity contribution in [2.45, 2.75) is 13.8 Å². The van der Waals surface area contributed by atoms with Crippen LogP contribution in [0.4, 0.5) is 0 Å². The van der Waals surface area contributed by atoms with Crippen LogP contribution in [0, 0.1) is 0 Å². The molecule has 0 saturated carbocycles. The number of carbonyl (C=O) groups excluding carboxylic acids is 6. The molecule has 14 nitrogen and oxygen atoms in total. The van der Waals surface area contributed by atoms with Gasteiger partial charge in [-0.2, -0.15) is 0 Å². The van der Waals surface area contributed by atoms with E-state index in [2.05, 4.69) is 10.6 Å². The van der Waals surface area contributed by atoms with Gasteiger partial charge in [0.25, 0.3) is 0 Å². The van der Waals surface area contributed by atoms with E-state index in [0.29, 0.717) is 0 Å². The highest BCUT2D eigenvalue weighted by Crippen LogP contribution is 2.25. The third-order valence-electron chi connectivity index (χ3n) is 7.05. The predicted molar refractivity (Wildman–Crippen MR) is 184 cm³/mol. The van der Waals surface area contributed by atoms with Gasteiger partial charge in [0.1, 0.15) is 25.0 Å². The highest BCUT2D eigenvalue weighted by molar-refractivity contribution is 6.17. The van der Waals surface area contributed by atoms with Crippen LogP contribution < -0.4 is 20.1 Å². The summed E-state index contributed by atoms with van der Waals surface area (Å²) in [4.78, 5) is 86.6. The summed E-state index contributed by atoms with van der Waals surface area (Å²) in [6.07, 6.45) is 0. The molecular weight excluding hydrogens is 676 g/mol. The number of nitrogens with one attached hydrogen (secondary N) is 2. The average Bonchev–Trinajstić information content (AvgIpc) is 3.17. The average molecular weight is 713 g/mol. The molecule has 0 aliphatic carbocycles. The minimum Gasteiger partial charge on any atom is -0.478 e. The number of carbonyl (C=O) groups is 6. The molecule has 4 aromatic carbocycles. The fourth-order valence-corrected chi connectivity index (χ4v) is 4.72. The quantitative estimate of drug-likeness (QED) is 0.0376. The molecule has 0 heterocycles. The topological polar surface area (TPSA) is 182 Å². The summed E-state index contributed by atoms with van der Waals surface area (Å²) < 4.78 is 21.0. The van der Waals surface area contributed by atoms with Crippen LogP contribution in [0.5, 0.6) is 11.5 Å². The largest absolute Gasteiger partial charge is 0.478 e. The maximum atomic E-state index is 13.6. The second-order valence-electron chi connectivity index (χ2n) is 10.5. The SMILES string of the molecule is CCOC(=O)CNCOc1ccccc1C(=O)c1ccccc1C(=O)OOC(=O)c1ccccc1C(=O)c1ccccc1OCNCC(=O)OCC. The summed E-state index contributed by atoms with van der Waals surface area (Å²) in [7, 11) is 0. The van der Waals surface area contributed by atoms with Gasteiger partial charge in [-0.15, -0.1) is 0 Å². The maximum Gasteiger partial charge on any atom is 0.387 e. The van der Waals surface area contributed by atoms with E-state index in [1.54, 1.807) is 62.4 Å².